The third-order valence-electron chi connectivity index (χ3n) is 6.73. The van der Waals surface area contributed by atoms with Gasteiger partial charge < -0.3 is 18.8 Å². The van der Waals surface area contributed by atoms with Crippen LogP contribution in [0.4, 0.5) is 0 Å². The van der Waals surface area contributed by atoms with Gasteiger partial charge in [0.2, 0.25) is 0 Å². The number of aromatic nitrogens is 2. The third kappa shape index (κ3) is 4.22. The lowest BCUT2D eigenvalue weighted by atomic mass is 9.97. The zero-order valence-corrected chi connectivity index (χ0v) is 22.8. The van der Waals surface area contributed by atoms with E-state index < -0.39 is 12.0 Å². The first kappa shape index (κ1) is 25.5. The van der Waals surface area contributed by atoms with Crippen LogP contribution < -0.4 is 24.4 Å². The van der Waals surface area contributed by atoms with Gasteiger partial charge in [0, 0.05) is 35.4 Å². The number of hydrogen-bond donors (Lipinski definition) is 0. The van der Waals surface area contributed by atoms with Gasteiger partial charge in [-0.15, -0.1) is 0 Å². The summed E-state index contributed by atoms with van der Waals surface area (Å²) in [5.74, 6) is 0.590. The Morgan fingerprint density at radius 3 is 2.58 bits per heavy atom. The Kier molecular flexibility index (Phi) is 6.94. The molecule has 9 heteroatoms. The second-order valence-electron chi connectivity index (χ2n) is 8.82. The molecular formula is C29H29N3O5S. The summed E-state index contributed by atoms with van der Waals surface area (Å²) in [4.78, 5) is 31.7. The molecule has 1 atom stereocenters. The lowest BCUT2D eigenvalue weighted by molar-refractivity contribution is -0.136. The van der Waals surface area contributed by atoms with Gasteiger partial charge in [-0.3, -0.25) is 9.36 Å². The predicted octanol–water partition coefficient (Wildman–Crippen LogP) is 3.62. The van der Waals surface area contributed by atoms with Crippen LogP contribution in [-0.2, 0) is 16.6 Å². The molecule has 3 heterocycles. The monoisotopic (exact) mass is 531 g/mol. The summed E-state index contributed by atoms with van der Waals surface area (Å²) in [6.07, 6.45) is 3.41. The first-order chi connectivity index (χ1) is 18.4. The molecule has 0 saturated heterocycles. The van der Waals surface area contributed by atoms with Crippen molar-refractivity contribution in [2.45, 2.75) is 26.8 Å². The van der Waals surface area contributed by atoms with Crippen LogP contribution in [0.15, 0.2) is 64.0 Å². The molecule has 0 spiro atoms. The number of hydrogen-bond acceptors (Lipinski definition) is 7. The molecular weight excluding hydrogens is 502 g/mol. The highest BCUT2D eigenvalue weighted by Gasteiger charge is 2.31. The maximum atomic E-state index is 13.9. The Balaban J connectivity index is 1.72. The van der Waals surface area contributed by atoms with E-state index in [0.29, 0.717) is 39.6 Å². The number of methoxy groups -OCH3 is 1. The molecule has 196 valence electrons. The predicted molar refractivity (Wildman–Crippen MR) is 148 cm³/mol. The van der Waals surface area contributed by atoms with E-state index in [1.165, 1.54) is 24.6 Å². The van der Waals surface area contributed by atoms with Gasteiger partial charge >= 0.3 is 5.97 Å². The Hall–Kier alpha value is -4.11. The third-order valence-corrected chi connectivity index (χ3v) is 7.73. The van der Waals surface area contributed by atoms with Crippen molar-refractivity contribution in [2.24, 2.45) is 12.0 Å². The molecule has 2 aromatic heterocycles. The fraction of sp³-hybridized carbons (Fsp3) is 0.276. The molecule has 8 nitrogen and oxygen atoms in total. The number of esters is 1. The van der Waals surface area contributed by atoms with E-state index in [4.69, 9.17) is 14.2 Å². The standard InChI is InChI=1S/C29H29N3O5S/c1-6-36-23-13-12-18(14-24(23)37-7-2)26-21(28(34)35-5)16-30-29-32(26)27(33)25(38-29)15-20-17(3)31(4)22-11-9-8-10-19(20)22/h8-16,26H,6-7H2,1-5H3/b25-15-/t26-/m0/s1. The molecule has 4 aromatic rings. The minimum atomic E-state index is -0.732. The van der Waals surface area contributed by atoms with E-state index in [1.54, 1.807) is 10.6 Å². The molecule has 0 bridgehead atoms. The van der Waals surface area contributed by atoms with Crippen molar-refractivity contribution in [3.8, 4) is 11.5 Å². The maximum absolute atomic E-state index is 13.9. The fourth-order valence-corrected chi connectivity index (χ4v) is 5.80. The van der Waals surface area contributed by atoms with Crippen molar-refractivity contribution in [1.29, 1.82) is 0 Å². The lowest BCUT2D eigenvalue weighted by Crippen LogP contribution is -2.39. The molecule has 0 unspecified atom stereocenters. The average molecular weight is 532 g/mol. The molecule has 0 amide bonds. The Morgan fingerprint density at radius 2 is 1.84 bits per heavy atom. The number of carbonyl (C=O) groups is 1. The molecule has 2 aromatic carbocycles. The molecule has 1 aliphatic rings. The Morgan fingerprint density at radius 1 is 1.11 bits per heavy atom. The van der Waals surface area contributed by atoms with Crippen LogP contribution in [0.5, 0.6) is 11.5 Å². The summed E-state index contributed by atoms with van der Waals surface area (Å²) in [6, 6.07) is 12.8. The maximum Gasteiger partial charge on any atom is 0.337 e. The number of fused-ring (bicyclic) bond motifs is 2. The molecule has 0 radical (unpaired) electrons. The minimum absolute atomic E-state index is 0.229. The van der Waals surface area contributed by atoms with Crippen molar-refractivity contribution >= 4 is 34.3 Å². The van der Waals surface area contributed by atoms with E-state index in [-0.39, 0.29) is 11.1 Å². The van der Waals surface area contributed by atoms with Gasteiger partial charge in [-0.25, -0.2) is 9.79 Å². The number of thiazole rings is 1. The highest BCUT2D eigenvalue weighted by molar-refractivity contribution is 7.07. The van der Waals surface area contributed by atoms with Gasteiger partial charge in [0.25, 0.3) is 5.56 Å². The first-order valence-corrected chi connectivity index (χ1v) is 13.2. The molecule has 0 saturated carbocycles. The number of ether oxygens (including phenoxy) is 3. The van der Waals surface area contributed by atoms with Gasteiger partial charge in [0.15, 0.2) is 16.3 Å². The second kappa shape index (κ2) is 10.3. The smallest absolute Gasteiger partial charge is 0.337 e. The van der Waals surface area contributed by atoms with Crippen LogP contribution in [0.3, 0.4) is 0 Å². The van der Waals surface area contributed by atoms with Gasteiger partial charge in [-0.1, -0.05) is 35.6 Å². The first-order valence-electron chi connectivity index (χ1n) is 12.4. The van der Waals surface area contributed by atoms with E-state index in [9.17, 15) is 9.59 Å². The highest BCUT2D eigenvalue weighted by atomic mass is 32.1. The van der Waals surface area contributed by atoms with Crippen molar-refractivity contribution in [1.82, 2.24) is 9.13 Å². The second-order valence-corrected chi connectivity index (χ2v) is 9.83. The molecule has 1 aliphatic heterocycles. The van der Waals surface area contributed by atoms with Gasteiger partial charge in [0.1, 0.15) is 0 Å². The number of aryl methyl sites for hydroxylation is 1. The van der Waals surface area contributed by atoms with Crippen LogP contribution in [0.1, 0.15) is 36.7 Å². The molecule has 0 N–H and O–H groups in total. The number of carbonyl (C=O) groups excluding carboxylic acids is 1. The molecule has 38 heavy (non-hydrogen) atoms. The highest BCUT2D eigenvalue weighted by Crippen LogP contribution is 2.35. The van der Waals surface area contributed by atoms with E-state index in [2.05, 4.69) is 21.7 Å². The summed E-state index contributed by atoms with van der Waals surface area (Å²) in [7, 11) is 3.33. The van der Waals surface area contributed by atoms with Crippen molar-refractivity contribution in [2.75, 3.05) is 20.3 Å². The SMILES string of the molecule is CCOc1ccc([C@H]2C(C(=O)OC)=CN=c3s/c(=C\c4c(C)n(C)c5ccccc45)c(=O)n32)cc1OCC. The van der Waals surface area contributed by atoms with E-state index >= 15 is 0 Å². The summed E-state index contributed by atoms with van der Waals surface area (Å²) in [5.41, 5.74) is 3.85. The Bertz CT molecular complexity index is 1760. The lowest BCUT2D eigenvalue weighted by Gasteiger charge is -2.23. The van der Waals surface area contributed by atoms with Gasteiger partial charge in [-0.2, -0.15) is 0 Å². The van der Waals surface area contributed by atoms with Gasteiger partial charge in [0.05, 0.1) is 36.5 Å². The molecule has 0 aliphatic carbocycles. The van der Waals surface area contributed by atoms with Crippen molar-refractivity contribution in [3.63, 3.8) is 0 Å². The summed E-state index contributed by atoms with van der Waals surface area (Å²) in [5, 5.41) is 1.07. The fourth-order valence-electron chi connectivity index (χ4n) is 4.85. The minimum Gasteiger partial charge on any atom is -0.490 e. The van der Waals surface area contributed by atoms with Crippen molar-refractivity contribution in [3.05, 3.63) is 90.7 Å². The van der Waals surface area contributed by atoms with Crippen molar-refractivity contribution < 1.29 is 19.0 Å². The summed E-state index contributed by atoms with van der Waals surface area (Å²) in [6.45, 7) is 6.75. The van der Waals surface area contributed by atoms with Crippen LogP contribution in [0, 0.1) is 6.92 Å². The molecule has 5 rings (SSSR count). The van der Waals surface area contributed by atoms with Crippen LogP contribution in [-0.4, -0.2) is 35.4 Å². The van der Waals surface area contributed by atoms with Crippen LogP contribution in [0.25, 0.3) is 17.0 Å². The Labute approximate surface area is 223 Å². The van der Waals surface area contributed by atoms with E-state index in [1.807, 2.05) is 58.2 Å². The number of nitrogens with zero attached hydrogens (tertiary/aromatic N) is 3. The summed E-state index contributed by atoms with van der Waals surface area (Å²) < 4.78 is 20.8. The van der Waals surface area contributed by atoms with Crippen LogP contribution in [0.2, 0.25) is 0 Å². The summed E-state index contributed by atoms with van der Waals surface area (Å²) >= 11 is 1.30. The van der Waals surface area contributed by atoms with E-state index in [0.717, 1.165) is 22.2 Å². The zero-order chi connectivity index (χ0) is 27.0. The topological polar surface area (TPSA) is 84.0 Å². The van der Waals surface area contributed by atoms with Gasteiger partial charge in [-0.05, 0) is 50.6 Å². The number of rotatable bonds is 7. The number of para-hydroxylation sites is 1. The quantitative estimate of drug-likeness (QED) is 0.340. The number of benzene rings is 2. The zero-order valence-electron chi connectivity index (χ0n) is 22.0. The van der Waals surface area contributed by atoms with Crippen LogP contribution >= 0.6 is 11.3 Å². The normalized spacial score (nSPS) is 15.1. The molecule has 0 fully saturated rings. The largest absolute Gasteiger partial charge is 0.490 e. The average Bonchev–Trinajstić information content (AvgIpc) is 3.38.